The van der Waals surface area contributed by atoms with Crippen LogP contribution in [-0.2, 0) is 16.0 Å². The van der Waals surface area contributed by atoms with Crippen molar-refractivity contribution in [2.45, 2.75) is 77.4 Å². The summed E-state index contributed by atoms with van der Waals surface area (Å²) in [5, 5.41) is 6.62. The molecule has 6 nitrogen and oxygen atoms in total. The van der Waals surface area contributed by atoms with Crippen LogP contribution in [0.2, 0.25) is 0 Å². The van der Waals surface area contributed by atoms with Crippen molar-refractivity contribution in [3.8, 4) is 0 Å². The first-order chi connectivity index (χ1) is 15.2. The highest BCUT2D eigenvalue weighted by Crippen LogP contribution is 2.62. The van der Waals surface area contributed by atoms with Gasteiger partial charge in [0.05, 0.1) is 23.4 Å². The molecule has 1 amide bonds. The lowest BCUT2D eigenvalue weighted by molar-refractivity contribution is -0.163. The second-order valence-corrected chi connectivity index (χ2v) is 11.5. The molecule has 0 saturated heterocycles. The normalized spacial score (nSPS) is 32.0. The van der Waals surface area contributed by atoms with Crippen molar-refractivity contribution in [2.75, 3.05) is 12.4 Å². The third kappa shape index (κ3) is 3.82. The molecule has 5 aliphatic carbocycles. The first kappa shape index (κ1) is 21.5. The molecule has 6 heteroatoms. The monoisotopic (exact) mass is 437 g/mol. The summed E-state index contributed by atoms with van der Waals surface area (Å²) < 4.78 is 5.69. The number of nitrogens with one attached hydrogen (secondary N) is 2. The van der Waals surface area contributed by atoms with Gasteiger partial charge in [-0.25, -0.2) is 0 Å². The Morgan fingerprint density at radius 2 is 1.91 bits per heavy atom. The lowest BCUT2D eigenvalue weighted by Gasteiger charge is -2.60. The molecule has 2 atom stereocenters. The molecule has 4 saturated carbocycles. The number of pyridine rings is 1. The maximum absolute atomic E-state index is 12.7. The number of amides is 1. The molecule has 1 heterocycles. The summed E-state index contributed by atoms with van der Waals surface area (Å²) in [5.41, 5.74) is 3.29. The van der Waals surface area contributed by atoms with E-state index in [1.54, 1.807) is 13.2 Å². The van der Waals surface area contributed by atoms with Crippen molar-refractivity contribution in [1.82, 2.24) is 10.3 Å². The number of esters is 1. The van der Waals surface area contributed by atoms with E-state index in [2.05, 4.69) is 27.8 Å². The van der Waals surface area contributed by atoms with E-state index in [0.29, 0.717) is 35.8 Å². The summed E-state index contributed by atoms with van der Waals surface area (Å²) in [4.78, 5) is 29.8. The number of hydrogen-bond donors (Lipinski definition) is 2. The zero-order valence-electron chi connectivity index (χ0n) is 19.7. The Bertz CT molecular complexity index is 961. The molecule has 0 spiro atoms. The molecule has 6 rings (SSSR count). The minimum Gasteiger partial charge on any atom is -0.460 e. The molecule has 172 valence electrons. The summed E-state index contributed by atoms with van der Waals surface area (Å²) in [6.45, 7) is 5.82. The standard InChI is InChI=1S/C26H35N3O3/c1-25(2,3)32-21(30)13-26-10-15-8-16(11-26)22(17(9-15)12-26)29-23-18-6-5-7-20(18)28-14-19(23)24(31)27-4/h5-6,14-17,22H,7-13H2,1-4H3,(H,27,31)(H,28,29). The van der Waals surface area contributed by atoms with Gasteiger partial charge >= 0.3 is 5.97 Å². The second kappa shape index (κ2) is 7.60. The Kier molecular flexibility index (Phi) is 5.10. The number of hydrogen-bond acceptors (Lipinski definition) is 5. The zero-order valence-corrected chi connectivity index (χ0v) is 19.7. The number of allylic oxidation sites excluding steroid dienone is 1. The van der Waals surface area contributed by atoms with Crippen LogP contribution in [0.5, 0.6) is 0 Å². The van der Waals surface area contributed by atoms with Crippen LogP contribution in [0.15, 0.2) is 12.3 Å². The summed E-state index contributed by atoms with van der Waals surface area (Å²) in [5.74, 6) is 1.59. The fourth-order valence-corrected chi connectivity index (χ4v) is 7.15. The number of rotatable bonds is 5. The minimum absolute atomic E-state index is 0.0528. The molecule has 0 radical (unpaired) electrons. The van der Waals surface area contributed by atoms with E-state index in [1.165, 1.54) is 12.8 Å². The van der Waals surface area contributed by atoms with Gasteiger partial charge in [0.15, 0.2) is 0 Å². The highest BCUT2D eigenvalue weighted by molar-refractivity contribution is 6.01. The predicted octanol–water partition coefficient (Wildman–Crippen LogP) is 4.35. The number of nitrogens with zero attached hydrogens (tertiary/aromatic N) is 1. The van der Waals surface area contributed by atoms with Gasteiger partial charge in [0.2, 0.25) is 0 Å². The van der Waals surface area contributed by atoms with Crippen molar-refractivity contribution >= 4 is 23.6 Å². The van der Waals surface area contributed by atoms with Gasteiger partial charge < -0.3 is 15.4 Å². The van der Waals surface area contributed by atoms with E-state index < -0.39 is 5.60 Å². The van der Waals surface area contributed by atoms with E-state index in [4.69, 9.17) is 4.74 Å². The van der Waals surface area contributed by atoms with Crippen molar-refractivity contribution in [1.29, 1.82) is 0 Å². The fraction of sp³-hybridized carbons (Fsp3) is 0.654. The van der Waals surface area contributed by atoms with Gasteiger partial charge in [0.1, 0.15) is 5.60 Å². The highest BCUT2D eigenvalue weighted by Gasteiger charge is 2.56. The van der Waals surface area contributed by atoms with E-state index in [0.717, 1.165) is 42.6 Å². The maximum atomic E-state index is 12.7. The maximum Gasteiger partial charge on any atom is 0.306 e. The van der Waals surface area contributed by atoms with Crippen molar-refractivity contribution in [3.63, 3.8) is 0 Å². The van der Waals surface area contributed by atoms with Gasteiger partial charge in [-0.05, 0) is 76.0 Å². The average Bonchev–Trinajstić information content (AvgIpc) is 3.16. The van der Waals surface area contributed by atoms with Crippen LogP contribution in [0, 0.1) is 23.2 Å². The van der Waals surface area contributed by atoms with Gasteiger partial charge in [-0.2, -0.15) is 0 Å². The van der Waals surface area contributed by atoms with Gasteiger partial charge in [0, 0.05) is 31.3 Å². The molecule has 0 aromatic carbocycles. The predicted molar refractivity (Wildman–Crippen MR) is 124 cm³/mol. The molecule has 5 aliphatic rings. The molecule has 1 aromatic rings. The molecule has 2 N–H and O–H groups in total. The third-order valence-corrected chi connectivity index (χ3v) is 7.92. The Morgan fingerprint density at radius 3 is 2.56 bits per heavy atom. The van der Waals surface area contributed by atoms with Crippen molar-refractivity contribution < 1.29 is 14.3 Å². The first-order valence-corrected chi connectivity index (χ1v) is 12.1. The Morgan fingerprint density at radius 1 is 1.19 bits per heavy atom. The number of anilines is 1. The number of carbonyl (C=O) groups is 2. The van der Waals surface area contributed by atoms with Gasteiger partial charge in [-0.15, -0.1) is 0 Å². The van der Waals surface area contributed by atoms with Crippen molar-refractivity contribution in [3.05, 3.63) is 29.1 Å². The molecule has 4 fully saturated rings. The fourth-order valence-electron chi connectivity index (χ4n) is 7.15. The SMILES string of the molecule is CNC(=O)c1cnc2c(c1NC1C3CC4CC1CC(CC(=O)OC(C)(C)C)(C4)C3)C=CC2. The van der Waals surface area contributed by atoms with Crippen LogP contribution >= 0.6 is 0 Å². The van der Waals surface area contributed by atoms with Crippen molar-refractivity contribution in [2.24, 2.45) is 23.2 Å². The molecular formula is C26H35N3O3. The number of carbonyl (C=O) groups excluding carboxylic acids is 2. The zero-order chi connectivity index (χ0) is 22.7. The lowest BCUT2D eigenvalue weighted by Crippen LogP contribution is -2.56. The molecule has 32 heavy (non-hydrogen) atoms. The second-order valence-electron chi connectivity index (χ2n) is 11.5. The third-order valence-electron chi connectivity index (χ3n) is 7.92. The van der Waals surface area contributed by atoms with E-state index in [9.17, 15) is 9.59 Å². The van der Waals surface area contributed by atoms with Crippen LogP contribution in [-0.4, -0.2) is 35.6 Å². The van der Waals surface area contributed by atoms with Crippen LogP contribution in [0.4, 0.5) is 5.69 Å². The van der Waals surface area contributed by atoms with Crippen LogP contribution in [0.1, 0.15) is 80.9 Å². The first-order valence-electron chi connectivity index (χ1n) is 12.1. The highest BCUT2D eigenvalue weighted by atomic mass is 16.6. The quantitative estimate of drug-likeness (QED) is 0.670. The van der Waals surface area contributed by atoms with Gasteiger partial charge in [-0.3, -0.25) is 14.6 Å². The topological polar surface area (TPSA) is 80.3 Å². The van der Waals surface area contributed by atoms with E-state index in [-0.39, 0.29) is 17.3 Å². The molecule has 0 aliphatic heterocycles. The lowest BCUT2D eigenvalue weighted by atomic mass is 9.47. The van der Waals surface area contributed by atoms with Crippen LogP contribution in [0.3, 0.4) is 0 Å². The van der Waals surface area contributed by atoms with Crippen LogP contribution in [0.25, 0.3) is 6.08 Å². The smallest absolute Gasteiger partial charge is 0.306 e. The van der Waals surface area contributed by atoms with E-state index in [1.807, 2.05) is 20.8 Å². The van der Waals surface area contributed by atoms with Crippen LogP contribution < -0.4 is 10.6 Å². The average molecular weight is 438 g/mol. The van der Waals surface area contributed by atoms with Gasteiger partial charge in [0.25, 0.3) is 5.91 Å². The minimum atomic E-state index is -0.436. The molecule has 1 aromatic heterocycles. The summed E-state index contributed by atoms with van der Waals surface area (Å²) >= 11 is 0. The summed E-state index contributed by atoms with van der Waals surface area (Å²) in [6, 6.07) is 0.335. The Labute approximate surface area is 190 Å². The largest absolute Gasteiger partial charge is 0.460 e. The number of ether oxygens (including phenoxy) is 1. The molecule has 4 bridgehead atoms. The summed E-state index contributed by atoms with van der Waals surface area (Å²) in [6.07, 6.45) is 13.0. The number of aromatic nitrogens is 1. The molecule has 2 unspecified atom stereocenters. The van der Waals surface area contributed by atoms with E-state index >= 15 is 0 Å². The van der Waals surface area contributed by atoms with Gasteiger partial charge in [-0.1, -0.05) is 12.2 Å². The number of fused-ring (bicyclic) bond motifs is 1. The molecular weight excluding hydrogens is 402 g/mol. The Hall–Kier alpha value is -2.37. The Balaban J connectivity index is 1.39. The summed E-state index contributed by atoms with van der Waals surface area (Å²) in [7, 11) is 1.67.